The number of amides is 1. The van der Waals surface area contributed by atoms with E-state index in [9.17, 15) is 9.59 Å². The standard InChI is InChI=1S/C20H25N3O3S2/c24-17(8-13-5-6-14-3-1-2-4-15(14)7-13)19-18(21-11-28-19)20(25)23-12-27-10-16(23)9-22-26/h1-4,9,13,16,18-19,21,26H,5-8,10-12H2/t13-,16+,18-,19?/m0/s1. The molecule has 1 aromatic carbocycles. The van der Waals surface area contributed by atoms with Crippen LogP contribution in [0.2, 0.25) is 0 Å². The first-order chi connectivity index (χ1) is 13.7. The second-order valence-corrected chi connectivity index (χ2v) is 9.73. The number of benzene rings is 1. The van der Waals surface area contributed by atoms with E-state index in [0.717, 1.165) is 25.0 Å². The van der Waals surface area contributed by atoms with Crippen molar-refractivity contribution in [3.63, 3.8) is 0 Å². The van der Waals surface area contributed by atoms with Crippen molar-refractivity contribution in [1.82, 2.24) is 10.2 Å². The van der Waals surface area contributed by atoms with Gasteiger partial charge in [-0.3, -0.25) is 14.9 Å². The number of ketones is 1. The molecule has 1 unspecified atom stereocenters. The van der Waals surface area contributed by atoms with Crippen LogP contribution in [0.15, 0.2) is 29.4 Å². The van der Waals surface area contributed by atoms with E-state index in [2.05, 4.69) is 34.7 Å². The number of rotatable bonds is 5. The maximum atomic E-state index is 13.1. The zero-order valence-corrected chi connectivity index (χ0v) is 17.3. The highest BCUT2D eigenvalue weighted by atomic mass is 32.2. The van der Waals surface area contributed by atoms with Gasteiger partial charge in [0.2, 0.25) is 5.91 Å². The SMILES string of the molecule is O=C(C[C@H]1CCc2ccccc2C1)C1SCN[C@@H]1C(=O)N1CSC[C@H]1C=NO. The summed E-state index contributed by atoms with van der Waals surface area (Å²) in [6.07, 6.45) is 4.94. The van der Waals surface area contributed by atoms with Gasteiger partial charge < -0.3 is 10.1 Å². The molecule has 8 heteroatoms. The number of nitrogens with zero attached hydrogens (tertiary/aromatic N) is 2. The zero-order chi connectivity index (χ0) is 19.5. The number of nitrogens with one attached hydrogen (secondary N) is 1. The molecule has 2 N–H and O–H groups in total. The molecule has 2 fully saturated rings. The Labute approximate surface area is 173 Å². The molecule has 1 aliphatic carbocycles. The lowest BCUT2D eigenvalue weighted by molar-refractivity contribution is -0.134. The third-order valence-electron chi connectivity index (χ3n) is 5.83. The Morgan fingerprint density at radius 1 is 1.32 bits per heavy atom. The lowest BCUT2D eigenvalue weighted by atomic mass is 9.81. The van der Waals surface area contributed by atoms with E-state index in [1.165, 1.54) is 29.1 Å². The molecule has 0 spiro atoms. The molecule has 3 aliphatic rings. The normalized spacial score (nSPS) is 29.9. The second-order valence-electron chi connectivity index (χ2n) is 7.60. The summed E-state index contributed by atoms with van der Waals surface area (Å²) in [7, 11) is 0. The smallest absolute Gasteiger partial charge is 0.242 e. The predicted octanol–water partition coefficient (Wildman–Crippen LogP) is 2.14. The molecule has 0 saturated carbocycles. The van der Waals surface area contributed by atoms with Crippen LogP contribution in [0.1, 0.15) is 24.0 Å². The molecule has 0 bridgehead atoms. The maximum absolute atomic E-state index is 13.1. The highest BCUT2D eigenvalue weighted by molar-refractivity contribution is 8.01. The average Bonchev–Trinajstić information content (AvgIpc) is 3.37. The Morgan fingerprint density at radius 3 is 2.96 bits per heavy atom. The molecule has 0 aromatic heterocycles. The van der Waals surface area contributed by atoms with Gasteiger partial charge in [0, 0.05) is 18.1 Å². The molecule has 2 heterocycles. The third kappa shape index (κ3) is 4.09. The van der Waals surface area contributed by atoms with E-state index in [1.807, 2.05) is 0 Å². The molecular formula is C20H25N3O3S2. The lowest BCUT2D eigenvalue weighted by Gasteiger charge is -2.28. The van der Waals surface area contributed by atoms with Crippen LogP contribution in [-0.4, -0.2) is 62.9 Å². The Kier molecular flexibility index (Phi) is 6.28. The van der Waals surface area contributed by atoms with E-state index in [0.29, 0.717) is 24.1 Å². The summed E-state index contributed by atoms with van der Waals surface area (Å²) >= 11 is 3.17. The fraction of sp³-hybridized carbons (Fsp3) is 0.550. The molecule has 2 saturated heterocycles. The van der Waals surface area contributed by atoms with Crippen molar-refractivity contribution in [2.45, 2.75) is 43.0 Å². The van der Waals surface area contributed by atoms with Gasteiger partial charge in [0.25, 0.3) is 0 Å². The van der Waals surface area contributed by atoms with E-state index < -0.39 is 6.04 Å². The molecule has 6 nitrogen and oxygen atoms in total. The first-order valence-corrected chi connectivity index (χ1v) is 11.9. The minimum atomic E-state index is -0.485. The van der Waals surface area contributed by atoms with Crippen molar-refractivity contribution in [2.75, 3.05) is 17.5 Å². The van der Waals surface area contributed by atoms with Gasteiger partial charge in [-0.15, -0.1) is 23.5 Å². The Morgan fingerprint density at radius 2 is 2.14 bits per heavy atom. The van der Waals surface area contributed by atoms with Gasteiger partial charge in [0.1, 0.15) is 11.8 Å². The van der Waals surface area contributed by atoms with Gasteiger partial charge >= 0.3 is 0 Å². The maximum Gasteiger partial charge on any atom is 0.242 e. The van der Waals surface area contributed by atoms with Crippen LogP contribution in [0.25, 0.3) is 0 Å². The van der Waals surface area contributed by atoms with Crippen molar-refractivity contribution in [1.29, 1.82) is 0 Å². The average molecular weight is 420 g/mol. The molecule has 0 radical (unpaired) electrons. The van der Waals surface area contributed by atoms with Gasteiger partial charge in [0.15, 0.2) is 0 Å². The summed E-state index contributed by atoms with van der Waals surface area (Å²) in [5, 5.41) is 14.8. The monoisotopic (exact) mass is 419 g/mol. The summed E-state index contributed by atoms with van der Waals surface area (Å²) < 4.78 is 0. The molecule has 2 aliphatic heterocycles. The summed E-state index contributed by atoms with van der Waals surface area (Å²) in [4.78, 5) is 27.8. The predicted molar refractivity (Wildman–Crippen MR) is 113 cm³/mol. The number of oxime groups is 1. The summed E-state index contributed by atoms with van der Waals surface area (Å²) in [5.74, 6) is 2.37. The molecule has 1 amide bonds. The highest BCUT2D eigenvalue weighted by Crippen LogP contribution is 2.32. The first kappa shape index (κ1) is 19.8. The molecule has 4 rings (SSSR count). The first-order valence-electron chi connectivity index (χ1n) is 9.67. The van der Waals surface area contributed by atoms with Crippen molar-refractivity contribution in [2.24, 2.45) is 11.1 Å². The van der Waals surface area contributed by atoms with Crippen molar-refractivity contribution in [3.8, 4) is 0 Å². The van der Waals surface area contributed by atoms with Gasteiger partial charge in [-0.1, -0.05) is 29.4 Å². The quantitative estimate of drug-likeness (QED) is 0.432. The topological polar surface area (TPSA) is 82.0 Å². The van der Waals surface area contributed by atoms with E-state index >= 15 is 0 Å². The number of hydrogen-bond acceptors (Lipinski definition) is 7. The number of fused-ring (bicyclic) bond motifs is 1. The minimum Gasteiger partial charge on any atom is -0.411 e. The molecule has 4 atom stereocenters. The summed E-state index contributed by atoms with van der Waals surface area (Å²) in [6.45, 7) is 0. The largest absolute Gasteiger partial charge is 0.411 e. The van der Waals surface area contributed by atoms with Gasteiger partial charge in [-0.05, 0) is 36.3 Å². The summed E-state index contributed by atoms with van der Waals surface area (Å²) in [5.41, 5.74) is 2.76. The number of aryl methyl sites for hydroxylation is 1. The van der Waals surface area contributed by atoms with Crippen molar-refractivity contribution >= 4 is 41.4 Å². The Hall–Kier alpha value is -1.51. The zero-order valence-electron chi connectivity index (χ0n) is 15.6. The molecule has 1 aromatic rings. The van der Waals surface area contributed by atoms with Crippen LogP contribution in [0.4, 0.5) is 0 Å². The fourth-order valence-corrected chi connectivity index (χ4v) is 6.61. The lowest BCUT2D eigenvalue weighted by Crippen LogP contribution is -2.52. The fourth-order valence-electron chi connectivity index (χ4n) is 4.34. The van der Waals surface area contributed by atoms with E-state index in [-0.39, 0.29) is 23.0 Å². The van der Waals surface area contributed by atoms with Crippen LogP contribution in [0, 0.1) is 5.92 Å². The highest BCUT2D eigenvalue weighted by Gasteiger charge is 2.43. The second kappa shape index (κ2) is 8.88. The van der Waals surface area contributed by atoms with Crippen LogP contribution in [0.3, 0.4) is 0 Å². The van der Waals surface area contributed by atoms with E-state index in [1.54, 1.807) is 16.7 Å². The minimum absolute atomic E-state index is 0.0627. The third-order valence-corrected chi connectivity index (χ3v) is 8.10. The van der Waals surface area contributed by atoms with Gasteiger partial charge in [-0.2, -0.15) is 0 Å². The Bertz CT molecular complexity index is 773. The van der Waals surface area contributed by atoms with Crippen LogP contribution >= 0.6 is 23.5 Å². The number of thioether (sulfide) groups is 2. The van der Waals surface area contributed by atoms with Crippen LogP contribution < -0.4 is 5.32 Å². The molecule has 150 valence electrons. The molecule has 28 heavy (non-hydrogen) atoms. The number of hydrogen-bond donors (Lipinski definition) is 2. The van der Waals surface area contributed by atoms with Crippen molar-refractivity contribution in [3.05, 3.63) is 35.4 Å². The number of carbonyl (C=O) groups excluding carboxylic acids is 2. The van der Waals surface area contributed by atoms with Crippen LogP contribution in [-0.2, 0) is 22.4 Å². The number of Topliss-reactive ketones (excluding diaryl/α,β-unsaturated/α-hetero) is 1. The number of carbonyl (C=O) groups is 2. The van der Waals surface area contributed by atoms with Gasteiger partial charge in [-0.25, -0.2) is 0 Å². The van der Waals surface area contributed by atoms with Crippen LogP contribution in [0.5, 0.6) is 0 Å². The Balaban J connectivity index is 1.39. The van der Waals surface area contributed by atoms with Gasteiger partial charge in [0.05, 0.1) is 23.4 Å². The molecular weight excluding hydrogens is 394 g/mol. The van der Waals surface area contributed by atoms with Crippen molar-refractivity contribution < 1.29 is 14.8 Å². The van der Waals surface area contributed by atoms with E-state index in [4.69, 9.17) is 5.21 Å². The summed E-state index contributed by atoms with van der Waals surface area (Å²) in [6, 6.07) is 7.79.